The molecule has 0 saturated heterocycles. The van der Waals surface area contributed by atoms with Crippen molar-refractivity contribution in [1.29, 1.82) is 0 Å². The monoisotopic (exact) mass is 304 g/mol. The molecule has 0 fully saturated rings. The van der Waals surface area contributed by atoms with Crippen LogP contribution in [0.1, 0.15) is 25.3 Å². The van der Waals surface area contributed by atoms with Gasteiger partial charge in [0, 0.05) is 19.0 Å². The van der Waals surface area contributed by atoms with E-state index in [2.05, 4.69) is 10.1 Å². The van der Waals surface area contributed by atoms with Gasteiger partial charge >= 0.3 is 6.18 Å². The molecule has 1 unspecified atom stereocenters. The number of halogens is 3. The fraction of sp³-hybridized carbons (Fsp3) is 0.500. The van der Waals surface area contributed by atoms with Crippen molar-refractivity contribution in [3.8, 4) is 5.75 Å². The summed E-state index contributed by atoms with van der Waals surface area (Å²) in [7, 11) is 0. The van der Waals surface area contributed by atoms with E-state index in [0.29, 0.717) is 6.54 Å². The van der Waals surface area contributed by atoms with Gasteiger partial charge in [0.15, 0.2) is 6.61 Å². The highest BCUT2D eigenvalue weighted by Crippen LogP contribution is 2.18. The maximum absolute atomic E-state index is 12.0. The van der Waals surface area contributed by atoms with E-state index in [4.69, 9.17) is 5.73 Å². The van der Waals surface area contributed by atoms with E-state index in [0.717, 1.165) is 12.0 Å². The average Bonchev–Trinajstić information content (AvgIpc) is 2.43. The first kappa shape index (κ1) is 17.3. The summed E-state index contributed by atoms with van der Waals surface area (Å²) in [6.07, 6.45) is -3.38. The molecule has 7 heteroatoms. The predicted molar refractivity (Wildman–Crippen MR) is 72.7 cm³/mol. The van der Waals surface area contributed by atoms with Crippen LogP contribution in [0.4, 0.5) is 13.2 Å². The van der Waals surface area contributed by atoms with E-state index in [1.165, 1.54) is 12.1 Å². The number of carbonyl (C=O) groups excluding carboxylic acids is 1. The van der Waals surface area contributed by atoms with Gasteiger partial charge in [-0.05, 0) is 24.1 Å². The Kier molecular flexibility index (Phi) is 6.48. The number of benzene rings is 1. The number of nitrogens with one attached hydrogen (secondary N) is 1. The maximum atomic E-state index is 12.0. The van der Waals surface area contributed by atoms with Crippen molar-refractivity contribution in [2.24, 2.45) is 5.73 Å². The van der Waals surface area contributed by atoms with Gasteiger partial charge in [-0.2, -0.15) is 13.2 Å². The van der Waals surface area contributed by atoms with Crippen molar-refractivity contribution in [3.05, 3.63) is 29.8 Å². The summed E-state index contributed by atoms with van der Waals surface area (Å²) in [4.78, 5) is 11.5. The largest absolute Gasteiger partial charge is 0.484 e. The summed E-state index contributed by atoms with van der Waals surface area (Å²) in [5.41, 5.74) is 6.43. The molecular weight excluding hydrogens is 285 g/mol. The molecule has 4 nitrogen and oxygen atoms in total. The summed E-state index contributed by atoms with van der Waals surface area (Å²) in [5, 5.41) is 2.70. The Hall–Kier alpha value is -1.76. The van der Waals surface area contributed by atoms with Gasteiger partial charge in [-0.1, -0.05) is 19.1 Å². The Morgan fingerprint density at radius 2 is 1.95 bits per heavy atom. The second-order valence-electron chi connectivity index (χ2n) is 4.70. The highest BCUT2D eigenvalue weighted by molar-refractivity contribution is 5.76. The molecule has 1 aromatic rings. The minimum atomic E-state index is -4.36. The van der Waals surface area contributed by atoms with Gasteiger partial charge in [-0.3, -0.25) is 4.79 Å². The van der Waals surface area contributed by atoms with E-state index in [-0.39, 0.29) is 24.1 Å². The van der Waals surface area contributed by atoms with Gasteiger partial charge in [0.05, 0.1) is 0 Å². The lowest BCUT2D eigenvalue weighted by Crippen LogP contribution is -2.30. The van der Waals surface area contributed by atoms with Crippen LogP contribution in [0.3, 0.4) is 0 Å². The third kappa shape index (κ3) is 7.55. The second kappa shape index (κ2) is 7.87. The van der Waals surface area contributed by atoms with Crippen LogP contribution in [0.15, 0.2) is 24.3 Å². The summed E-state index contributed by atoms with van der Waals surface area (Å²) < 4.78 is 40.5. The molecule has 0 radical (unpaired) electrons. The van der Waals surface area contributed by atoms with Crippen LogP contribution < -0.4 is 15.8 Å². The van der Waals surface area contributed by atoms with Gasteiger partial charge in [0.1, 0.15) is 5.75 Å². The fourth-order valence-corrected chi connectivity index (χ4v) is 1.52. The van der Waals surface area contributed by atoms with Crippen LogP contribution in [0.5, 0.6) is 5.75 Å². The molecule has 0 bridgehead atoms. The zero-order valence-corrected chi connectivity index (χ0v) is 11.7. The molecule has 0 aromatic heterocycles. The Bertz CT molecular complexity index is 447. The summed E-state index contributed by atoms with van der Waals surface area (Å²) in [6.45, 7) is 0.879. The van der Waals surface area contributed by atoms with Crippen molar-refractivity contribution in [1.82, 2.24) is 5.32 Å². The number of rotatable bonds is 7. The average molecular weight is 304 g/mol. The van der Waals surface area contributed by atoms with Gasteiger partial charge in [-0.15, -0.1) is 0 Å². The second-order valence-corrected chi connectivity index (χ2v) is 4.70. The van der Waals surface area contributed by atoms with Crippen LogP contribution >= 0.6 is 0 Å². The maximum Gasteiger partial charge on any atom is 0.422 e. The van der Waals surface area contributed by atoms with Crippen LogP contribution in [0.2, 0.25) is 0 Å². The van der Waals surface area contributed by atoms with Crippen LogP contribution in [0, 0.1) is 0 Å². The molecule has 1 aromatic carbocycles. The van der Waals surface area contributed by atoms with Crippen LogP contribution in [0.25, 0.3) is 0 Å². The topological polar surface area (TPSA) is 64.4 Å². The SMILES string of the molecule is CCC(N)CC(=O)NCc1ccc(OCC(F)(F)F)cc1. The standard InChI is InChI=1S/C14H19F3N2O2/c1-2-11(18)7-13(20)19-8-10-3-5-12(6-4-10)21-9-14(15,16)17/h3-6,11H,2,7-9,18H2,1H3,(H,19,20). The van der Waals surface area contributed by atoms with E-state index in [9.17, 15) is 18.0 Å². The number of amides is 1. The van der Waals surface area contributed by atoms with E-state index >= 15 is 0 Å². The first-order valence-electron chi connectivity index (χ1n) is 6.61. The molecular formula is C14H19F3N2O2. The number of alkyl halides is 3. The van der Waals surface area contributed by atoms with E-state index in [1.807, 2.05) is 6.92 Å². The van der Waals surface area contributed by atoms with Crippen molar-refractivity contribution < 1.29 is 22.7 Å². The van der Waals surface area contributed by atoms with Crippen LogP contribution in [-0.4, -0.2) is 24.7 Å². The zero-order valence-electron chi connectivity index (χ0n) is 11.7. The molecule has 0 aliphatic heterocycles. The van der Waals surface area contributed by atoms with Gasteiger partial charge < -0.3 is 15.8 Å². The minimum absolute atomic E-state index is 0.135. The predicted octanol–water partition coefficient (Wildman–Crippen LogP) is 2.37. The number of hydrogen-bond donors (Lipinski definition) is 2. The molecule has 0 aliphatic carbocycles. The molecule has 3 N–H and O–H groups in total. The van der Waals surface area contributed by atoms with Gasteiger partial charge in [0.25, 0.3) is 0 Å². The highest BCUT2D eigenvalue weighted by Gasteiger charge is 2.28. The zero-order chi connectivity index (χ0) is 15.9. The lowest BCUT2D eigenvalue weighted by molar-refractivity contribution is -0.153. The summed E-state index contributed by atoms with van der Waals surface area (Å²) in [5.74, 6) is -0.0165. The van der Waals surface area contributed by atoms with Gasteiger partial charge in [-0.25, -0.2) is 0 Å². The Labute approximate surface area is 121 Å². The number of carbonyl (C=O) groups is 1. The molecule has 0 aliphatic rings. The van der Waals surface area contributed by atoms with Gasteiger partial charge in [0.2, 0.25) is 5.91 Å². The number of ether oxygens (including phenoxy) is 1. The molecule has 1 rings (SSSR count). The Morgan fingerprint density at radius 3 is 2.48 bits per heavy atom. The highest BCUT2D eigenvalue weighted by atomic mass is 19.4. The summed E-state index contributed by atoms with van der Waals surface area (Å²) in [6, 6.07) is 5.91. The van der Waals surface area contributed by atoms with Crippen LogP contribution in [-0.2, 0) is 11.3 Å². The molecule has 1 atom stereocenters. The Balaban J connectivity index is 2.39. The van der Waals surface area contributed by atoms with E-state index in [1.54, 1.807) is 12.1 Å². The van der Waals surface area contributed by atoms with Crippen molar-refractivity contribution in [3.63, 3.8) is 0 Å². The molecule has 118 valence electrons. The smallest absolute Gasteiger partial charge is 0.422 e. The molecule has 0 saturated carbocycles. The third-order valence-corrected chi connectivity index (χ3v) is 2.79. The quantitative estimate of drug-likeness (QED) is 0.813. The lowest BCUT2D eigenvalue weighted by atomic mass is 10.1. The first-order valence-corrected chi connectivity index (χ1v) is 6.61. The molecule has 1 amide bonds. The Morgan fingerprint density at radius 1 is 1.33 bits per heavy atom. The van der Waals surface area contributed by atoms with E-state index < -0.39 is 12.8 Å². The third-order valence-electron chi connectivity index (χ3n) is 2.79. The number of nitrogens with two attached hydrogens (primary N) is 1. The number of hydrogen-bond acceptors (Lipinski definition) is 3. The molecule has 0 spiro atoms. The summed E-state index contributed by atoms with van der Waals surface area (Å²) >= 11 is 0. The van der Waals surface area contributed by atoms with Crippen molar-refractivity contribution in [2.45, 2.75) is 38.5 Å². The first-order chi connectivity index (χ1) is 9.80. The van der Waals surface area contributed by atoms with Crippen molar-refractivity contribution >= 4 is 5.91 Å². The minimum Gasteiger partial charge on any atom is -0.484 e. The lowest BCUT2D eigenvalue weighted by Gasteiger charge is -2.11. The van der Waals surface area contributed by atoms with Crippen molar-refractivity contribution in [2.75, 3.05) is 6.61 Å². The molecule has 0 heterocycles. The normalized spacial score (nSPS) is 12.8. The molecule has 21 heavy (non-hydrogen) atoms. The fourth-order valence-electron chi connectivity index (χ4n) is 1.52.